The van der Waals surface area contributed by atoms with E-state index in [1.807, 2.05) is 0 Å². The van der Waals surface area contributed by atoms with Gasteiger partial charge in [-0.15, -0.1) is 0 Å². The topological polar surface area (TPSA) is 126 Å². The lowest BCUT2D eigenvalue weighted by molar-refractivity contribution is 0.275. The summed E-state index contributed by atoms with van der Waals surface area (Å²) in [7, 11) is 0. The van der Waals surface area contributed by atoms with E-state index in [1.165, 1.54) is 6.20 Å². The summed E-state index contributed by atoms with van der Waals surface area (Å²) in [5.74, 6) is 1.30. The molecule has 0 aliphatic rings. The number of aliphatic hydroxyl groups is 1. The maximum absolute atomic E-state index is 10.1. The summed E-state index contributed by atoms with van der Waals surface area (Å²) in [6, 6.07) is 0.0647. The highest BCUT2D eigenvalue weighted by Crippen LogP contribution is 2.27. The monoisotopic (exact) mass is 375 g/mol. The van der Waals surface area contributed by atoms with Gasteiger partial charge < -0.3 is 26.0 Å². The van der Waals surface area contributed by atoms with Crippen molar-refractivity contribution in [1.82, 2.24) is 15.0 Å². The fraction of sp³-hybridized carbons (Fsp3) is 0.526. The van der Waals surface area contributed by atoms with E-state index in [9.17, 15) is 10.2 Å². The minimum absolute atomic E-state index is 0.0647. The number of aliphatic hydroxyl groups excluding tert-OH is 1. The van der Waals surface area contributed by atoms with Crippen LogP contribution in [0.3, 0.4) is 0 Å². The number of pyridine rings is 1. The van der Waals surface area contributed by atoms with Crippen molar-refractivity contribution < 1.29 is 14.9 Å². The molecule has 0 saturated carbocycles. The van der Waals surface area contributed by atoms with Crippen LogP contribution in [0.1, 0.15) is 49.4 Å². The Morgan fingerprint density at radius 1 is 1.22 bits per heavy atom. The molecule has 2 aromatic heterocycles. The molecule has 1 atom stereocenters. The molecule has 8 nitrogen and oxygen atoms in total. The van der Waals surface area contributed by atoms with E-state index in [4.69, 9.17) is 10.5 Å². The van der Waals surface area contributed by atoms with Crippen LogP contribution >= 0.6 is 0 Å². The number of hydrogen-bond donors (Lipinski definition) is 4. The van der Waals surface area contributed by atoms with Crippen LogP contribution in [0.15, 0.2) is 12.4 Å². The molecule has 2 heterocycles. The number of anilines is 2. The summed E-state index contributed by atoms with van der Waals surface area (Å²) in [4.78, 5) is 12.6. The lowest BCUT2D eigenvalue weighted by Crippen LogP contribution is -2.22. The molecule has 148 valence electrons. The van der Waals surface area contributed by atoms with Crippen molar-refractivity contribution in [3.05, 3.63) is 29.2 Å². The third-order valence-corrected chi connectivity index (χ3v) is 4.44. The first-order valence-corrected chi connectivity index (χ1v) is 9.23. The van der Waals surface area contributed by atoms with Crippen molar-refractivity contribution in [1.29, 1.82) is 0 Å². The second-order valence-electron chi connectivity index (χ2n) is 6.59. The highest BCUT2D eigenvalue weighted by atomic mass is 16.5. The van der Waals surface area contributed by atoms with Gasteiger partial charge in [-0.25, -0.2) is 4.98 Å². The molecule has 27 heavy (non-hydrogen) atoms. The average molecular weight is 375 g/mol. The summed E-state index contributed by atoms with van der Waals surface area (Å²) in [5.41, 5.74) is 7.77. The lowest BCUT2D eigenvalue weighted by Gasteiger charge is -2.20. The van der Waals surface area contributed by atoms with E-state index in [-0.39, 0.29) is 31.0 Å². The Balaban J connectivity index is 2.16. The molecule has 2 aromatic rings. The van der Waals surface area contributed by atoms with Gasteiger partial charge in [0.15, 0.2) is 11.6 Å². The van der Waals surface area contributed by atoms with Gasteiger partial charge in [0, 0.05) is 30.0 Å². The van der Waals surface area contributed by atoms with Gasteiger partial charge in [-0.3, -0.25) is 4.98 Å². The number of aromatic nitrogens is 3. The van der Waals surface area contributed by atoms with Gasteiger partial charge in [-0.05, 0) is 26.7 Å². The molecular formula is C19H29N5O3. The molecule has 0 amide bonds. The van der Waals surface area contributed by atoms with Crippen molar-refractivity contribution in [2.45, 2.75) is 59.1 Å². The van der Waals surface area contributed by atoms with E-state index in [0.29, 0.717) is 29.2 Å². The van der Waals surface area contributed by atoms with Crippen LogP contribution in [0.5, 0.6) is 11.5 Å². The molecule has 0 spiro atoms. The molecule has 0 radical (unpaired) electrons. The van der Waals surface area contributed by atoms with Gasteiger partial charge in [0.25, 0.3) is 0 Å². The second-order valence-corrected chi connectivity index (χ2v) is 6.59. The molecule has 0 aliphatic heterocycles. The van der Waals surface area contributed by atoms with Crippen molar-refractivity contribution in [2.24, 2.45) is 0 Å². The molecule has 0 aromatic carbocycles. The Morgan fingerprint density at radius 3 is 2.70 bits per heavy atom. The first-order chi connectivity index (χ1) is 13.0. The zero-order valence-corrected chi connectivity index (χ0v) is 16.2. The van der Waals surface area contributed by atoms with E-state index >= 15 is 0 Å². The predicted octanol–water partition coefficient (Wildman–Crippen LogP) is 2.71. The standard InChI is InChI=1S/C19H29N5O3/c1-4-5-6-14(7-8-25)23-18-16(10-22-19(20)24-18)27-11-15-13(3)17(26)12(2)9-21-15/h9-10,14,25H,4-8,11H2,1-3H3,(H,21,26)(H3,20,22,23,24). The van der Waals surface area contributed by atoms with Gasteiger partial charge >= 0.3 is 0 Å². The Labute approximate surface area is 159 Å². The number of aryl methyl sites for hydroxylation is 1. The Morgan fingerprint density at radius 2 is 2.00 bits per heavy atom. The number of aromatic hydroxyl groups is 1. The zero-order chi connectivity index (χ0) is 19.8. The summed E-state index contributed by atoms with van der Waals surface area (Å²) < 4.78 is 5.86. The second kappa shape index (κ2) is 9.91. The van der Waals surface area contributed by atoms with Crippen LogP contribution in [-0.4, -0.2) is 37.8 Å². The summed E-state index contributed by atoms with van der Waals surface area (Å²) in [6.07, 6.45) is 6.76. The molecule has 0 saturated heterocycles. The SMILES string of the molecule is CCCCC(CCO)Nc1nc(N)ncc1OCc1ncc(C)c(O)c1C. The number of nitrogens with zero attached hydrogens (tertiary/aromatic N) is 3. The van der Waals surface area contributed by atoms with E-state index in [0.717, 1.165) is 24.8 Å². The maximum atomic E-state index is 10.1. The van der Waals surface area contributed by atoms with Crippen LogP contribution in [0.2, 0.25) is 0 Å². The van der Waals surface area contributed by atoms with Gasteiger partial charge in [0.2, 0.25) is 5.95 Å². The Bertz CT molecular complexity index is 754. The first kappa shape index (κ1) is 20.7. The molecule has 2 rings (SSSR count). The van der Waals surface area contributed by atoms with Crippen molar-refractivity contribution >= 4 is 11.8 Å². The smallest absolute Gasteiger partial charge is 0.222 e. The zero-order valence-electron chi connectivity index (χ0n) is 16.2. The van der Waals surface area contributed by atoms with Crippen LogP contribution in [0.4, 0.5) is 11.8 Å². The highest BCUT2D eigenvalue weighted by molar-refractivity contribution is 5.52. The third kappa shape index (κ3) is 5.68. The van der Waals surface area contributed by atoms with Gasteiger partial charge in [0.1, 0.15) is 12.4 Å². The van der Waals surface area contributed by atoms with Crippen LogP contribution < -0.4 is 15.8 Å². The number of nitrogen functional groups attached to an aromatic ring is 1. The molecule has 0 bridgehead atoms. The number of nitrogens with two attached hydrogens (primary N) is 1. The molecule has 0 fully saturated rings. The van der Waals surface area contributed by atoms with E-state index < -0.39 is 0 Å². The largest absolute Gasteiger partial charge is 0.507 e. The van der Waals surface area contributed by atoms with Gasteiger partial charge in [-0.1, -0.05) is 19.8 Å². The van der Waals surface area contributed by atoms with Gasteiger partial charge in [0.05, 0.1) is 11.9 Å². The minimum atomic E-state index is 0.0647. The Kier molecular flexibility index (Phi) is 7.60. The average Bonchev–Trinajstić information content (AvgIpc) is 2.65. The maximum Gasteiger partial charge on any atom is 0.222 e. The lowest BCUT2D eigenvalue weighted by atomic mass is 10.1. The Hall–Kier alpha value is -2.61. The van der Waals surface area contributed by atoms with Gasteiger partial charge in [-0.2, -0.15) is 4.98 Å². The van der Waals surface area contributed by atoms with Crippen LogP contribution in [0.25, 0.3) is 0 Å². The van der Waals surface area contributed by atoms with Crippen LogP contribution in [0, 0.1) is 13.8 Å². The first-order valence-electron chi connectivity index (χ1n) is 9.23. The summed E-state index contributed by atoms with van der Waals surface area (Å²) >= 11 is 0. The number of hydrogen-bond acceptors (Lipinski definition) is 8. The predicted molar refractivity (Wildman–Crippen MR) is 105 cm³/mol. The minimum Gasteiger partial charge on any atom is -0.507 e. The summed E-state index contributed by atoms with van der Waals surface area (Å²) in [6.45, 7) is 5.98. The quantitative estimate of drug-likeness (QED) is 0.499. The molecular weight excluding hydrogens is 346 g/mol. The molecule has 1 unspecified atom stereocenters. The number of rotatable bonds is 10. The number of unbranched alkanes of at least 4 members (excludes halogenated alkanes) is 1. The highest BCUT2D eigenvalue weighted by Gasteiger charge is 2.15. The molecule has 5 N–H and O–H groups in total. The number of ether oxygens (including phenoxy) is 1. The van der Waals surface area contributed by atoms with Crippen molar-refractivity contribution in [2.75, 3.05) is 17.7 Å². The fourth-order valence-electron chi connectivity index (χ4n) is 2.74. The van der Waals surface area contributed by atoms with E-state index in [2.05, 4.69) is 27.2 Å². The normalized spacial score (nSPS) is 12.0. The third-order valence-electron chi connectivity index (χ3n) is 4.44. The van der Waals surface area contributed by atoms with E-state index in [1.54, 1.807) is 20.0 Å². The molecule has 0 aliphatic carbocycles. The van der Waals surface area contributed by atoms with Crippen molar-refractivity contribution in [3.63, 3.8) is 0 Å². The van der Waals surface area contributed by atoms with Crippen molar-refractivity contribution in [3.8, 4) is 11.5 Å². The summed E-state index contributed by atoms with van der Waals surface area (Å²) in [5, 5.41) is 22.7. The molecule has 8 heteroatoms. The van der Waals surface area contributed by atoms with Crippen LogP contribution in [-0.2, 0) is 6.61 Å². The fourth-order valence-corrected chi connectivity index (χ4v) is 2.74. The number of nitrogens with one attached hydrogen (secondary N) is 1.